The molecule has 0 aromatic heterocycles. The number of hydrogen-bond donors (Lipinski definition) is 1. The number of carbonyl (C=O) groups is 1. The van der Waals surface area contributed by atoms with E-state index in [2.05, 4.69) is 10.5 Å². The molecule has 0 bridgehead atoms. The minimum Gasteiger partial charge on any atom is -0.493 e. The van der Waals surface area contributed by atoms with Gasteiger partial charge in [-0.05, 0) is 24.3 Å². The fraction of sp³-hybridized carbons (Fsp3) is 0.176. The molecule has 0 radical (unpaired) electrons. The molecule has 0 saturated heterocycles. The van der Waals surface area contributed by atoms with Gasteiger partial charge in [0.2, 0.25) is 5.75 Å². The fourth-order valence-electron chi connectivity index (χ4n) is 2.24. The normalized spacial score (nSPS) is 12.9. The van der Waals surface area contributed by atoms with Crippen LogP contribution >= 0.6 is 11.6 Å². The van der Waals surface area contributed by atoms with E-state index in [1.165, 1.54) is 6.21 Å². The molecule has 1 N–H and O–H groups in total. The Morgan fingerprint density at radius 2 is 2.08 bits per heavy atom. The molecule has 0 spiro atoms. The maximum Gasteiger partial charge on any atom is 0.272 e. The average Bonchev–Trinajstić information content (AvgIpc) is 2.61. The first-order chi connectivity index (χ1) is 11.7. The molecule has 124 valence electrons. The van der Waals surface area contributed by atoms with Crippen molar-refractivity contribution in [3.63, 3.8) is 0 Å². The second-order valence-corrected chi connectivity index (χ2v) is 5.33. The van der Waals surface area contributed by atoms with Crippen molar-refractivity contribution in [1.82, 2.24) is 5.43 Å². The van der Waals surface area contributed by atoms with Crippen LogP contribution in [0.3, 0.4) is 0 Å². The van der Waals surface area contributed by atoms with Crippen LogP contribution in [0.5, 0.6) is 17.2 Å². The molecule has 2 aromatic carbocycles. The van der Waals surface area contributed by atoms with Gasteiger partial charge in [-0.1, -0.05) is 23.7 Å². The van der Waals surface area contributed by atoms with Gasteiger partial charge in [-0.2, -0.15) is 5.10 Å². The second kappa shape index (κ2) is 7.23. The molecule has 1 heterocycles. The highest BCUT2D eigenvalue weighted by Gasteiger charge is 2.18. The Morgan fingerprint density at radius 3 is 2.88 bits per heavy atom. The molecule has 1 amide bonds. The molecule has 7 heteroatoms. The summed E-state index contributed by atoms with van der Waals surface area (Å²) in [5.41, 5.74) is 3.50. The predicted molar refractivity (Wildman–Crippen MR) is 90.5 cm³/mol. The third kappa shape index (κ3) is 3.44. The van der Waals surface area contributed by atoms with Gasteiger partial charge in [0.25, 0.3) is 5.91 Å². The standard InChI is InChI=1S/C17H15ClN2O4/c1-22-14-8-11(9-15-16(14)24-7-6-23-15)10-19-20-17(21)12-4-2-3-5-13(12)18/h2-5,8-10H,6-7H2,1H3,(H,20,21)/b19-10-. The number of nitrogens with zero attached hydrogens (tertiary/aromatic N) is 1. The lowest BCUT2D eigenvalue weighted by molar-refractivity contribution is 0.0955. The van der Waals surface area contributed by atoms with Gasteiger partial charge in [0, 0.05) is 5.56 Å². The van der Waals surface area contributed by atoms with Gasteiger partial charge < -0.3 is 14.2 Å². The number of amides is 1. The van der Waals surface area contributed by atoms with E-state index in [1.807, 2.05) is 0 Å². The average molecular weight is 347 g/mol. The summed E-state index contributed by atoms with van der Waals surface area (Å²) < 4.78 is 16.4. The Balaban J connectivity index is 1.75. The molecular formula is C17H15ClN2O4. The van der Waals surface area contributed by atoms with Crippen LogP contribution in [0.4, 0.5) is 0 Å². The van der Waals surface area contributed by atoms with E-state index < -0.39 is 0 Å². The van der Waals surface area contributed by atoms with Crippen molar-refractivity contribution in [3.8, 4) is 17.2 Å². The molecule has 0 aliphatic carbocycles. The van der Waals surface area contributed by atoms with E-state index in [-0.39, 0.29) is 5.91 Å². The van der Waals surface area contributed by atoms with Crippen molar-refractivity contribution < 1.29 is 19.0 Å². The topological polar surface area (TPSA) is 69.2 Å². The number of benzene rings is 2. The number of nitrogens with one attached hydrogen (secondary N) is 1. The number of fused-ring (bicyclic) bond motifs is 1. The maximum absolute atomic E-state index is 12.0. The van der Waals surface area contributed by atoms with E-state index in [9.17, 15) is 4.79 Å². The Bertz CT molecular complexity index is 775. The summed E-state index contributed by atoms with van der Waals surface area (Å²) in [5.74, 6) is 1.31. The predicted octanol–water partition coefficient (Wildman–Crippen LogP) is 2.88. The molecule has 1 aliphatic heterocycles. The van der Waals surface area contributed by atoms with Gasteiger partial charge in [-0.3, -0.25) is 4.79 Å². The van der Waals surface area contributed by atoms with Crippen LogP contribution in [-0.2, 0) is 0 Å². The zero-order valence-electron chi connectivity index (χ0n) is 12.9. The number of rotatable bonds is 4. The zero-order valence-corrected chi connectivity index (χ0v) is 13.7. The number of carbonyl (C=O) groups excluding carboxylic acids is 1. The van der Waals surface area contributed by atoms with Gasteiger partial charge in [0.05, 0.1) is 23.9 Å². The number of hydrazone groups is 1. The van der Waals surface area contributed by atoms with Crippen molar-refractivity contribution in [1.29, 1.82) is 0 Å². The Labute approximate surface area is 144 Å². The fourth-order valence-corrected chi connectivity index (χ4v) is 2.46. The number of methoxy groups -OCH3 is 1. The lowest BCUT2D eigenvalue weighted by Crippen LogP contribution is -2.18. The summed E-state index contributed by atoms with van der Waals surface area (Å²) in [6.45, 7) is 0.949. The second-order valence-electron chi connectivity index (χ2n) is 4.93. The molecule has 0 fully saturated rings. The maximum atomic E-state index is 12.0. The Morgan fingerprint density at radius 1 is 1.29 bits per heavy atom. The minimum atomic E-state index is -0.388. The molecule has 0 saturated carbocycles. The van der Waals surface area contributed by atoms with Crippen molar-refractivity contribution in [2.24, 2.45) is 5.10 Å². The van der Waals surface area contributed by atoms with E-state index in [0.29, 0.717) is 46.6 Å². The monoisotopic (exact) mass is 346 g/mol. The van der Waals surface area contributed by atoms with Crippen molar-refractivity contribution in [2.45, 2.75) is 0 Å². The van der Waals surface area contributed by atoms with E-state index >= 15 is 0 Å². The van der Waals surface area contributed by atoms with Crippen molar-refractivity contribution >= 4 is 23.7 Å². The van der Waals surface area contributed by atoms with Crippen molar-refractivity contribution in [3.05, 3.63) is 52.5 Å². The smallest absolute Gasteiger partial charge is 0.272 e. The Kier molecular flexibility index (Phi) is 4.86. The van der Waals surface area contributed by atoms with Crippen molar-refractivity contribution in [2.75, 3.05) is 20.3 Å². The van der Waals surface area contributed by atoms with E-state index in [1.54, 1.807) is 43.5 Å². The van der Waals surface area contributed by atoms with Gasteiger partial charge >= 0.3 is 0 Å². The number of hydrogen-bond acceptors (Lipinski definition) is 5. The van der Waals surface area contributed by atoms with Crippen LogP contribution in [0.25, 0.3) is 0 Å². The third-order valence-electron chi connectivity index (χ3n) is 3.35. The first kappa shape index (κ1) is 16.1. The van der Waals surface area contributed by atoms with Crippen LogP contribution in [0, 0.1) is 0 Å². The van der Waals surface area contributed by atoms with E-state index in [0.717, 1.165) is 0 Å². The summed E-state index contributed by atoms with van der Waals surface area (Å²) in [7, 11) is 1.55. The van der Waals surface area contributed by atoms with Crippen LogP contribution in [0.1, 0.15) is 15.9 Å². The third-order valence-corrected chi connectivity index (χ3v) is 3.68. The highest BCUT2D eigenvalue weighted by Crippen LogP contribution is 2.39. The quantitative estimate of drug-likeness (QED) is 0.682. The lowest BCUT2D eigenvalue weighted by atomic mass is 10.2. The van der Waals surface area contributed by atoms with Crippen LogP contribution in [0.15, 0.2) is 41.5 Å². The summed E-state index contributed by atoms with van der Waals surface area (Å²) in [5, 5.41) is 4.32. The summed E-state index contributed by atoms with van der Waals surface area (Å²) >= 11 is 5.97. The zero-order chi connectivity index (χ0) is 16.9. The largest absolute Gasteiger partial charge is 0.493 e. The minimum absolute atomic E-state index is 0.357. The van der Waals surface area contributed by atoms with Crippen LogP contribution in [0.2, 0.25) is 5.02 Å². The molecule has 1 aliphatic rings. The SMILES string of the molecule is COc1cc(/C=N\NC(=O)c2ccccc2Cl)cc2c1OCCO2. The first-order valence-electron chi connectivity index (χ1n) is 7.24. The highest BCUT2D eigenvalue weighted by atomic mass is 35.5. The first-order valence-corrected chi connectivity index (χ1v) is 7.62. The molecule has 0 atom stereocenters. The molecule has 0 unspecified atom stereocenters. The highest BCUT2D eigenvalue weighted by molar-refractivity contribution is 6.33. The van der Waals surface area contributed by atoms with Crippen LogP contribution < -0.4 is 19.6 Å². The summed E-state index contributed by atoms with van der Waals surface area (Å²) in [6.07, 6.45) is 1.50. The number of ether oxygens (including phenoxy) is 3. The van der Waals surface area contributed by atoms with Gasteiger partial charge in [0.15, 0.2) is 11.5 Å². The van der Waals surface area contributed by atoms with Gasteiger partial charge in [-0.15, -0.1) is 0 Å². The van der Waals surface area contributed by atoms with E-state index in [4.69, 9.17) is 25.8 Å². The Hall–Kier alpha value is -2.73. The molecular weight excluding hydrogens is 332 g/mol. The van der Waals surface area contributed by atoms with Gasteiger partial charge in [-0.25, -0.2) is 5.43 Å². The van der Waals surface area contributed by atoms with Crippen LogP contribution in [-0.4, -0.2) is 32.4 Å². The molecule has 6 nitrogen and oxygen atoms in total. The molecule has 2 aromatic rings. The number of halogens is 1. The van der Waals surface area contributed by atoms with Gasteiger partial charge in [0.1, 0.15) is 13.2 Å². The lowest BCUT2D eigenvalue weighted by Gasteiger charge is -2.20. The molecule has 24 heavy (non-hydrogen) atoms. The summed E-state index contributed by atoms with van der Waals surface area (Å²) in [4.78, 5) is 12.0. The summed E-state index contributed by atoms with van der Waals surface area (Å²) in [6, 6.07) is 10.3. The molecule has 3 rings (SSSR count).